The predicted octanol–water partition coefficient (Wildman–Crippen LogP) is 6.92. The van der Waals surface area contributed by atoms with Crippen LogP contribution < -0.4 is 10.1 Å². The molecular formula is C33H35F3N2O2. The molecule has 4 rings (SSSR count). The second kappa shape index (κ2) is 13.5. The molecule has 1 fully saturated rings. The highest BCUT2D eigenvalue weighted by Crippen LogP contribution is 2.29. The Morgan fingerprint density at radius 3 is 2.38 bits per heavy atom. The van der Waals surface area contributed by atoms with Gasteiger partial charge in [0.2, 0.25) is 0 Å². The Bertz CT molecular complexity index is 1330. The minimum absolute atomic E-state index is 0.0767. The smallest absolute Gasteiger partial charge is 0.416 e. The summed E-state index contributed by atoms with van der Waals surface area (Å²) >= 11 is 0. The summed E-state index contributed by atoms with van der Waals surface area (Å²) in [5, 5.41) is 2.97. The summed E-state index contributed by atoms with van der Waals surface area (Å²) < 4.78 is 44.5. The number of carbonyl (C=O) groups is 1. The lowest BCUT2D eigenvalue weighted by atomic mass is 10.1. The number of ether oxygens (including phenoxy) is 1. The third-order valence-electron chi connectivity index (χ3n) is 6.84. The lowest BCUT2D eigenvalue weighted by molar-refractivity contribution is -0.137. The van der Waals surface area contributed by atoms with Gasteiger partial charge in [0.25, 0.3) is 5.91 Å². The van der Waals surface area contributed by atoms with Gasteiger partial charge in [0.1, 0.15) is 11.9 Å². The number of hydrogen-bond donors (Lipinski definition) is 1. The molecule has 1 heterocycles. The van der Waals surface area contributed by atoms with Gasteiger partial charge in [-0.2, -0.15) is 13.2 Å². The molecule has 0 unspecified atom stereocenters. The van der Waals surface area contributed by atoms with E-state index >= 15 is 0 Å². The number of nitrogens with zero attached hydrogens (tertiary/aromatic N) is 1. The van der Waals surface area contributed by atoms with Crippen LogP contribution in [0.3, 0.4) is 0 Å². The average Bonchev–Trinajstić information content (AvgIpc) is 2.93. The maximum absolute atomic E-state index is 12.8. The molecule has 1 amide bonds. The van der Waals surface area contributed by atoms with Gasteiger partial charge in [0, 0.05) is 42.9 Å². The highest BCUT2D eigenvalue weighted by atomic mass is 19.4. The van der Waals surface area contributed by atoms with Crippen LogP contribution in [-0.2, 0) is 12.7 Å². The average molecular weight is 549 g/mol. The van der Waals surface area contributed by atoms with Crippen molar-refractivity contribution >= 4 is 5.91 Å². The molecule has 1 aliphatic heterocycles. The molecule has 0 radical (unpaired) electrons. The van der Waals surface area contributed by atoms with Gasteiger partial charge >= 0.3 is 6.18 Å². The summed E-state index contributed by atoms with van der Waals surface area (Å²) in [6.45, 7) is 7.49. The highest BCUT2D eigenvalue weighted by molar-refractivity contribution is 5.94. The molecule has 0 saturated carbocycles. The van der Waals surface area contributed by atoms with Gasteiger partial charge in [-0.15, -0.1) is 0 Å². The molecule has 4 nitrogen and oxygen atoms in total. The van der Waals surface area contributed by atoms with E-state index < -0.39 is 11.7 Å². The van der Waals surface area contributed by atoms with Crippen LogP contribution in [0.5, 0.6) is 5.75 Å². The van der Waals surface area contributed by atoms with E-state index in [2.05, 4.69) is 42.0 Å². The van der Waals surface area contributed by atoms with Crippen LogP contribution in [-0.4, -0.2) is 36.5 Å². The van der Waals surface area contributed by atoms with Gasteiger partial charge in [-0.05, 0) is 85.3 Å². The maximum Gasteiger partial charge on any atom is 0.416 e. The highest BCUT2D eigenvalue weighted by Gasteiger charge is 2.29. The van der Waals surface area contributed by atoms with E-state index in [4.69, 9.17) is 4.74 Å². The second-order valence-corrected chi connectivity index (χ2v) is 10.6. The lowest BCUT2D eigenvalue weighted by Crippen LogP contribution is -2.37. The molecule has 1 N–H and O–H groups in total. The van der Waals surface area contributed by atoms with Crippen molar-refractivity contribution in [2.45, 2.75) is 51.9 Å². The molecule has 7 heteroatoms. The first-order chi connectivity index (χ1) is 19.2. The minimum atomic E-state index is -4.35. The molecule has 0 aliphatic carbocycles. The molecular weight excluding hydrogens is 513 g/mol. The van der Waals surface area contributed by atoms with E-state index in [0.717, 1.165) is 62.2 Å². The van der Waals surface area contributed by atoms with Crippen LogP contribution in [0.25, 0.3) is 0 Å². The van der Waals surface area contributed by atoms with Crippen molar-refractivity contribution in [3.63, 3.8) is 0 Å². The van der Waals surface area contributed by atoms with Gasteiger partial charge in [-0.25, -0.2) is 0 Å². The van der Waals surface area contributed by atoms with Crippen LogP contribution in [0.4, 0.5) is 13.2 Å². The van der Waals surface area contributed by atoms with Crippen molar-refractivity contribution in [2.24, 2.45) is 5.92 Å². The fourth-order valence-corrected chi connectivity index (χ4v) is 4.56. The number of piperidine rings is 1. The zero-order valence-electron chi connectivity index (χ0n) is 22.9. The van der Waals surface area contributed by atoms with E-state index in [1.54, 1.807) is 0 Å². The second-order valence-electron chi connectivity index (χ2n) is 10.6. The number of carbonyl (C=O) groups excluding carboxylic acids is 1. The van der Waals surface area contributed by atoms with E-state index in [9.17, 15) is 18.0 Å². The molecule has 210 valence electrons. The van der Waals surface area contributed by atoms with Crippen LogP contribution in [0, 0.1) is 17.8 Å². The minimum Gasteiger partial charge on any atom is -0.490 e. The van der Waals surface area contributed by atoms with Gasteiger partial charge in [0.15, 0.2) is 0 Å². The van der Waals surface area contributed by atoms with E-state index in [1.807, 2.05) is 42.5 Å². The first kappa shape index (κ1) is 29.2. The monoisotopic (exact) mass is 548 g/mol. The number of amides is 1. The number of hydrogen-bond acceptors (Lipinski definition) is 3. The SMILES string of the molecule is CC(C)CCNC(=O)c1cccc(OC2CCN(Cc3cccc(C#Cc4ccc(C(F)(F)F)cc4)c3)CC2)c1. The Morgan fingerprint density at radius 2 is 1.68 bits per heavy atom. The fraction of sp³-hybridized carbons (Fsp3) is 0.364. The third kappa shape index (κ3) is 8.89. The maximum atomic E-state index is 12.8. The van der Waals surface area contributed by atoms with E-state index in [1.165, 1.54) is 12.1 Å². The third-order valence-corrected chi connectivity index (χ3v) is 6.84. The Hall–Kier alpha value is -3.76. The summed E-state index contributed by atoms with van der Waals surface area (Å²) in [6.07, 6.45) is -1.54. The molecule has 40 heavy (non-hydrogen) atoms. The van der Waals surface area contributed by atoms with Gasteiger partial charge in [-0.3, -0.25) is 9.69 Å². The van der Waals surface area contributed by atoms with Crippen molar-refractivity contribution < 1.29 is 22.7 Å². The molecule has 3 aromatic rings. The number of benzene rings is 3. The Labute approximate surface area is 234 Å². The molecule has 0 aromatic heterocycles. The molecule has 0 bridgehead atoms. The number of rotatable bonds is 8. The van der Waals surface area contributed by atoms with Crippen LogP contribution in [0.1, 0.15) is 65.7 Å². The largest absolute Gasteiger partial charge is 0.490 e. The number of halogens is 3. The first-order valence-corrected chi connectivity index (χ1v) is 13.7. The van der Waals surface area contributed by atoms with Crippen molar-refractivity contribution in [3.8, 4) is 17.6 Å². The molecule has 1 saturated heterocycles. The van der Waals surface area contributed by atoms with Crippen molar-refractivity contribution in [1.29, 1.82) is 0 Å². The molecule has 0 spiro atoms. The van der Waals surface area contributed by atoms with E-state index in [0.29, 0.717) is 29.3 Å². The van der Waals surface area contributed by atoms with E-state index in [-0.39, 0.29) is 12.0 Å². The van der Waals surface area contributed by atoms with Gasteiger partial charge in [-0.1, -0.05) is 43.9 Å². The summed E-state index contributed by atoms with van der Waals surface area (Å²) in [5.74, 6) is 7.19. The van der Waals surface area contributed by atoms with Crippen molar-refractivity contribution in [1.82, 2.24) is 10.2 Å². The predicted molar refractivity (Wildman–Crippen MR) is 151 cm³/mol. The quantitative estimate of drug-likeness (QED) is 0.311. The molecule has 1 aliphatic rings. The number of likely N-dealkylation sites (tertiary alicyclic amines) is 1. The van der Waals surface area contributed by atoms with Gasteiger partial charge < -0.3 is 10.1 Å². The van der Waals surface area contributed by atoms with Crippen LogP contribution >= 0.6 is 0 Å². The standard InChI is InChI=1S/C33H35F3N2O2/c1-24(2)15-18-37-32(39)28-7-4-8-31(22-28)40-30-16-19-38(20-17-30)23-27-6-3-5-26(21-27)10-9-25-11-13-29(14-12-25)33(34,35)36/h3-8,11-14,21-22,24,30H,15-20,23H2,1-2H3,(H,37,39). The summed E-state index contributed by atoms with van der Waals surface area (Å²) in [6, 6.07) is 20.2. The summed E-state index contributed by atoms with van der Waals surface area (Å²) in [7, 11) is 0. The Kier molecular flexibility index (Phi) is 9.89. The van der Waals surface area contributed by atoms with Crippen molar-refractivity contribution in [2.75, 3.05) is 19.6 Å². The van der Waals surface area contributed by atoms with Crippen LogP contribution in [0.2, 0.25) is 0 Å². The topological polar surface area (TPSA) is 41.6 Å². The number of nitrogens with one attached hydrogen (secondary N) is 1. The summed E-state index contributed by atoms with van der Waals surface area (Å²) in [5.41, 5.74) is 2.43. The van der Waals surface area contributed by atoms with Crippen molar-refractivity contribution in [3.05, 3.63) is 101 Å². The van der Waals surface area contributed by atoms with Crippen LogP contribution in [0.15, 0.2) is 72.8 Å². The normalized spacial score (nSPS) is 14.4. The lowest BCUT2D eigenvalue weighted by Gasteiger charge is -2.32. The fourth-order valence-electron chi connectivity index (χ4n) is 4.56. The zero-order chi connectivity index (χ0) is 28.5. The molecule has 3 aromatic carbocycles. The van der Waals surface area contributed by atoms with Gasteiger partial charge in [0.05, 0.1) is 5.56 Å². The Morgan fingerprint density at radius 1 is 0.975 bits per heavy atom. The Balaban J connectivity index is 1.26. The zero-order valence-corrected chi connectivity index (χ0v) is 22.9. The summed E-state index contributed by atoms with van der Waals surface area (Å²) in [4.78, 5) is 14.8. The first-order valence-electron chi connectivity index (χ1n) is 13.7. The number of alkyl halides is 3. The molecule has 0 atom stereocenters.